The summed E-state index contributed by atoms with van der Waals surface area (Å²) in [5.41, 5.74) is 0.845. The Balaban J connectivity index is 2.25. The minimum Gasteiger partial charge on any atom is -0.456 e. The molecule has 26 heavy (non-hydrogen) atoms. The second-order valence-corrected chi connectivity index (χ2v) is 7.17. The molecule has 5 heteroatoms. The molecule has 0 amide bonds. The summed E-state index contributed by atoms with van der Waals surface area (Å²) in [6.07, 6.45) is 0. The molecule has 3 aromatic rings. The van der Waals surface area contributed by atoms with Crippen LogP contribution in [0.5, 0.6) is 0 Å². The lowest BCUT2D eigenvalue weighted by atomic mass is 9.97. The maximum absolute atomic E-state index is 14.6. The number of fused-ring (bicyclic) bond motifs is 1. The Morgan fingerprint density at radius 1 is 1.00 bits per heavy atom. The van der Waals surface area contributed by atoms with Crippen molar-refractivity contribution in [3.8, 4) is 0 Å². The minimum atomic E-state index is -0.790. The molecule has 1 heterocycles. The fraction of sp³-hybridized carbons (Fsp3) is 0.238. The van der Waals surface area contributed by atoms with Gasteiger partial charge in [-0.3, -0.25) is 4.79 Å². The van der Waals surface area contributed by atoms with Gasteiger partial charge in [0.1, 0.15) is 17.0 Å². The van der Waals surface area contributed by atoms with Crippen LogP contribution in [0.2, 0.25) is 0 Å². The third-order valence-corrected chi connectivity index (χ3v) is 3.97. The topological polar surface area (TPSA) is 59.2 Å². The Morgan fingerprint density at radius 3 is 2.27 bits per heavy atom. The van der Waals surface area contributed by atoms with Gasteiger partial charge in [-0.25, -0.2) is 9.18 Å². The van der Waals surface area contributed by atoms with E-state index in [1.54, 1.807) is 52.0 Å². The lowest BCUT2D eigenvalue weighted by Crippen LogP contribution is -2.24. The van der Waals surface area contributed by atoms with Gasteiger partial charge < -0.3 is 9.72 Å². The van der Waals surface area contributed by atoms with Crippen molar-refractivity contribution >= 4 is 22.7 Å². The Labute approximate surface area is 151 Å². The van der Waals surface area contributed by atoms with Gasteiger partial charge >= 0.3 is 5.97 Å². The number of aryl methyl sites for hydroxylation is 1. The zero-order valence-electron chi connectivity index (χ0n) is 15.1. The summed E-state index contributed by atoms with van der Waals surface area (Å²) < 4.78 is 19.9. The number of nitrogens with one attached hydrogen (secondary N) is 1. The monoisotopic (exact) mass is 353 g/mol. The van der Waals surface area contributed by atoms with Crippen molar-refractivity contribution in [1.29, 1.82) is 0 Å². The summed E-state index contributed by atoms with van der Waals surface area (Å²) in [7, 11) is 0. The van der Waals surface area contributed by atoms with Gasteiger partial charge in [0.2, 0.25) is 0 Å². The first kappa shape index (κ1) is 17.9. The number of aromatic amines is 1. The highest BCUT2D eigenvalue weighted by atomic mass is 19.1. The number of carbonyl (C=O) groups is 2. The maximum Gasteiger partial charge on any atom is 0.342 e. The van der Waals surface area contributed by atoms with E-state index in [0.717, 1.165) is 0 Å². The van der Waals surface area contributed by atoms with Crippen LogP contribution in [0.4, 0.5) is 4.39 Å². The van der Waals surface area contributed by atoms with Crippen molar-refractivity contribution in [1.82, 2.24) is 4.98 Å². The summed E-state index contributed by atoms with van der Waals surface area (Å²) in [4.78, 5) is 28.7. The second kappa shape index (κ2) is 6.41. The van der Waals surface area contributed by atoms with Gasteiger partial charge in [-0.15, -0.1) is 0 Å². The molecule has 0 saturated heterocycles. The van der Waals surface area contributed by atoms with E-state index < -0.39 is 17.4 Å². The Kier molecular flexibility index (Phi) is 4.40. The Hall–Kier alpha value is -2.95. The first-order valence-corrected chi connectivity index (χ1v) is 8.33. The number of benzene rings is 2. The molecule has 0 aliphatic rings. The zero-order valence-corrected chi connectivity index (χ0v) is 15.1. The zero-order chi connectivity index (χ0) is 19.1. The quantitative estimate of drug-likeness (QED) is 0.543. The van der Waals surface area contributed by atoms with Crippen LogP contribution in [0.15, 0.2) is 42.5 Å². The number of rotatable bonds is 3. The van der Waals surface area contributed by atoms with E-state index in [1.807, 2.05) is 6.07 Å². The molecule has 0 saturated carbocycles. The predicted octanol–water partition coefficient (Wildman–Crippen LogP) is 4.80. The van der Waals surface area contributed by atoms with E-state index in [0.29, 0.717) is 16.8 Å². The van der Waals surface area contributed by atoms with Crippen LogP contribution in [0.1, 0.15) is 52.7 Å². The normalized spacial score (nSPS) is 11.6. The largest absolute Gasteiger partial charge is 0.456 e. The Morgan fingerprint density at radius 2 is 1.65 bits per heavy atom. The Bertz CT molecular complexity index is 998. The molecule has 4 nitrogen and oxygen atoms in total. The van der Waals surface area contributed by atoms with Crippen LogP contribution in [0, 0.1) is 12.7 Å². The van der Waals surface area contributed by atoms with E-state index in [2.05, 4.69) is 4.98 Å². The molecule has 1 aromatic heterocycles. The number of H-pyrrole nitrogens is 1. The summed E-state index contributed by atoms with van der Waals surface area (Å²) in [5, 5.41) is 0.255. The minimum absolute atomic E-state index is 0.221. The number of carbonyl (C=O) groups excluding carboxylic acids is 2. The first-order chi connectivity index (χ1) is 12.2. The number of esters is 1. The molecule has 0 unspecified atom stereocenters. The standard InChI is InChI=1S/C21H20FNO3/c1-12-16(19(24)13-8-6-5-7-9-13)18-15(23-12)11-10-14(22)17(18)20(25)26-21(2,3)4/h5-11,23H,1-4H3. The SMILES string of the molecule is Cc1[nH]c2ccc(F)c(C(=O)OC(C)(C)C)c2c1C(=O)c1ccccc1. The molecular formula is C21H20FNO3. The summed E-state index contributed by atoms with van der Waals surface area (Å²) in [6, 6.07) is 11.4. The van der Waals surface area contributed by atoms with Crippen molar-refractivity contribution in [2.45, 2.75) is 33.3 Å². The lowest BCUT2D eigenvalue weighted by Gasteiger charge is -2.20. The van der Waals surface area contributed by atoms with Crippen LogP contribution >= 0.6 is 0 Å². The third-order valence-electron chi connectivity index (χ3n) is 3.97. The van der Waals surface area contributed by atoms with Crippen molar-refractivity contribution in [3.05, 3.63) is 70.7 Å². The number of ketones is 1. The van der Waals surface area contributed by atoms with Gasteiger partial charge in [0.25, 0.3) is 0 Å². The number of hydrogen-bond donors (Lipinski definition) is 1. The average Bonchev–Trinajstić information content (AvgIpc) is 2.89. The fourth-order valence-electron chi connectivity index (χ4n) is 2.94. The van der Waals surface area contributed by atoms with Crippen LogP contribution < -0.4 is 0 Å². The van der Waals surface area contributed by atoms with Gasteiger partial charge in [0.05, 0.1) is 5.56 Å². The maximum atomic E-state index is 14.6. The van der Waals surface area contributed by atoms with Crippen molar-refractivity contribution in [2.24, 2.45) is 0 Å². The average molecular weight is 353 g/mol. The molecule has 0 bridgehead atoms. The van der Waals surface area contributed by atoms with Crippen molar-refractivity contribution in [3.63, 3.8) is 0 Å². The predicted molar refractivity (Wildman–Crippen MR) is 98.0 cm³/mol. The highest BCUT2D eigenvalue weighted by Crippen LogP contribution is 2.31. The summed E-state index contributed by atoms with van der Waals surface area (Å²) >= 11 is 0. The van der Waals surface area contributed by atoms with Gasteiger partial charge in [-0.2, -0.15) is 0 Å². The first-order valence-electron chi connectivity index (χ1n) is 8.33. The molecule has 0 aliphatic carbocycles. The summed E-state index contributed by atoms with van der Waals surface area (Å²) in [6.45, 7) is 6.86. The van der Waals surface area contributed by atoms with Crippen LogP contribution in [-0.4, -0.2) is 22.3 Å². The molecule has 2 aromatic carbocycles. The van der Waals surface area contributed by atoms with E-state index in [-0.39, 0.29) is 22.3 Å². The highest BCUT2D eigenvalue weighted by molar-refractivity contribution is 6.21. The van der Waals surface area contributed by atoms with Gasteiger partial charge in [-0.1, -0.05) is 30.3 Å². The van der Waals surface area contributed by atoms with Crippen LogP contribution in [0.25, 0.3) is 10.9 Å². The van der Waals surface area contributed by atoms with E-state index >= 15 is 0 Å². The number of ether oxygens (including phenoxy) is 1. The lowest BCUT2D eigenvalue weighted by molar-refractivity contribution is 0.00672. The second-order valence-electron chi connectivity index (χ2n) is 7.17. The number of hydrogen-bond acceptors (Lipinski definition) is 3. The van der Waals surface area contributed by atoms with Crippen molar-refractivity contribution < 1.29 is 18.7 Å². The van der Waals surface area contributed by atoms with Gasteiger partial charge in [-0.05, 0) is 39.8 Å². The molecule has 134 valence electrons. The highest BCUT2D eigenvalue weighted by Gasteiger charge is 2.28. The fourth-order valence-corrected chi connectivity index (χ4v) is 2.94. The van der Waals surface area contributed by atoms with Crippen molar-refractivity contribution in [2.75, 3.05) is 0 Å². The van der Waals surface area contributed by atoms with Gasteiger partial charge in [0.15, 0.2) is 5.78 Å². The van der Waals surface area contributed by atoms with Gasteiger partial charge in [0, 0.05) is 22.2 Å². The smallest absolute Gasteiger partial charge is 0.342 e. The number of aromatic nitrogens is 1. The molecule has 0 aliphatic heterocycles. The van der Waals surface area contributed by atoms with E-state index in [1.165, 1.54) is 12.1 Å². The molecule has 0 atom stereocenters. The van der Waals surface area contributed by atoms with E-state index in [4.69, 9.17) is 4.74 Å². The van der Waals surface area contributed by atoms with E-state index in [9.17, 15) is 14.0 Å². The molecule has 0 radical (unpaired) electrons. The summed E-state index contributed by atoms with van der Waals surface area (Å²) in [5.74, 6) is -1.78. The molecule has 1 N–H and O–H groups in total. The number of halogens is 1. The third kappa shape index (κ3) is 3.25. The van der Waals surface area contributed by atoms with Crippen LogP contribution in [-0.2, 0) is 4.74 Å². The van der Waals surface area contributed by atoms with Crippen LogP contribution in [0.3, 0.4) is 0 Å². The molecule has 0 spiro atoms. The molecule has 0 fully saturated rings. The molecule has 3 rings (SSSR count). The molecular weight excluding hydrogens is 333 g/mol.